The Balaban J connectivity index is 4.05. The van der Waals surface area contributed by atoms with Gasteiger partial charge < -0.3 is 20.1 Å². The average Bonchev–Trinajstić information content (AvgIpc) is 3.36. The van der Waals surface area contributed by atoms with Crippen molar-refractivity contribution >= 4 is 19.8 Å². The van der Waals surface area contributed by atoms with Crippen molar-refractivity contribution in [3.63, 3.8) is 0 Å². The van der Waals surface area contributed by atoms with E-state index in [-0.39, 0.29) is 38.6 Å². The zero-order valence-electron chi connectivity index (χ0n) is 45.7. The molecule has 0 heterocycles. The molecule has 0 aliphatic rings. The topological polar surface area (TPSA) is 134 Å². The minimum absolute atomic E-state index is 0.0445. The predicted molar refractivity (Wildman–Crippen MR) is 302 cm³/mol. The van der Waals surface area contributed by atoms with E-state index in [1.165, 1.54) is 141 Å². The van der Waals surface area contributed by atoms with Crippen molar-refractivity contribution in [3.05, 3.63) is 85.1 Å². The molecule has 0 fully saturated rings. The third-order valence-electron chi connectivity index (χ3n) is 12.3. The highest BCUT2D eigenvalue weighted by Gasteiger charge is 2.26. The molecule has 0 radical (unpaired) electrons. The van der Waals surface area contributed by atoms with Crippen molar-refractivity contribution in [2.45, 2.75) is 264 Å². The number of carbonyl (C=O) groups is 2. The maximum Gasteiger partial charge on any atom is 0.472 e. The Kier molecular flexibility index (Phi) is 54.2. The molecule has 71 heavy (non-hydrogen) atoms. The first-order valence-electron chi connectivity index (χ1n) is 29.1. The molecule has 0 saturated carbocycles. The number of nitrogens with two attached hydrogens (primary N) is 1. The first kappa shape index (κ1) is 68.2. The van der Waals surface area contributed by atoms with Crippen LogP contribution in [0.3, 0.4) is 0 Å². The van der Waals surface area contributed by atoms with Crippen molar-refractivity contribution in [2.24, 2.45) is 5.73 Å². The molecule has 9 nitrogen and oxygen atoms in total. The lowest BCUT2D eigenvalue weighted by Gasteiger charge is -2.19. The standard InChI is InChI=1S/C61H108NO8P/c1-3-5-7-9-11-13-15-17-19-21-23-25-27-29-31-33-35-37-39-41-43-45-47-49-51-53-60(63)67-57-59(58-69-71(65,66)68-56-55-62)70-61(64)54-52-50-48-46-44-42-40-38-36-34-32-30-28-26-24-22-20-18-16-14-12-10-8-6-4-2/h6,8,12,14,18,20,24,26,30,32,36,38,42,44,59H,3-5,7,9-11,13,15-17,19,21-23,25,27-29,31,33-35,37,39-41,43,45-58,62H2,1-2H3,(H,65,66)/b8-6-,14-12-,20-18-,26-24-,32-30-,38-36-,44-42-. The molecule has 410 valence electrons. The summed E-state index contributed by atoms with van der Waals surface area (Å²) in [6, 6.07) is 0. The highest BCUT2D eigenvalue weighted by Crippen LogP contribution is 2.43. The molecule has 2 atom stereocenters. The number of ether oxygens (including phenoxy) is 2. The van der Waals surface area contributed by atoms with E-state index >= 15 is 0 Å². The maximum absolute atomic E-state index is 12.7. The normalized spacial score (nSPS) is 13.7. The largest absolute Gasteiger partial charge is 0.472 e. The van der Waals surface area contributed by atoms with E-state index in [2.05, 4.69) is 98.9 Å². The Morgan fingerprint density at radius 3 is 1.15 bits per heavy atom. The van der Waals surface area contributed by atoms with E-state index in [1.807, 2.05) is 0 Å². The Morgan fingerprint density at radius 1 is 0.437 bits per heavy atom. The lowest BCUT2D eigenvalue weighted by atomic mass is 10.0. The van der Waals surface area contributed by atoms with Crippen LogP contribution in [-0.4, -0.2) is 49.3 Å². The van der Waals surface area contributed by atoms with E-state index in [1.54, 1.807) is 0 Å². The van der Waals surface area contributed by atoms with Gasteiger partial charge in [0.2, 0.25) is 0 Å². The fourth-order valence-corrected chi connectivity index (χ4v) is 8.79. The number of allylic oxidation sites excluding steroid dienone is 14. The minimum Gasteiger partial charge on any atom is -0.462 e. The SMILES string of the molecule is CC/C=C\C/C=C\C/C=C\C/C=C\C/C=C\C/C=C\C/C=C\CCCCCC(=O)OC(COC(=O)CCCCCCCCCCCCCCCCCCCCCCCCCCC)COP(=O)(O)OCCN. The molecular formula is C61H108NO8P. The molecule has 0 spiro atoms. The molecule has 0 aromatic carbocycles. The van der Waals surface area contributed by atoms with Crippen LogP contribution in [-0.2, 0) is 32.7 Å². The number of hydrogen-bond donors (Lipinski definition) is 2. The first-order chi connectivity index (χ1) is 34.8. The average molecular weight is 1010 g/mol. The van der Waals surface area contributed by atoms with Crippen molar-refractivity contribution < 1.29 is 37.6 Å². The van der Waals surface area contributed by atoms with E-state index in [9.17, 15) is 19.0 Å². The van der Waals surface area contributed by atoms with Gasteiger partial charge in [-0.25, -0.2) is 4.57 Å². The van der Waals surface area contributed by atoms with Gasteiger partial charge in [-0.3, -0.25) is 18.6 Å². The minimum atomic E-state index is -4.40. The number of carbonyl (C=O) groups excluding carboxylic acids is 2. The van der Waals surface area contributed by atoms with Crippen LogP contribution in [0, 0.1) is 0 Å². The molecule has 0 bridgehead atoms. The second kappa shape index (κ2) is 56.5. The molecule has 2 unspecified atom stereocenters. The smallest absolute Gasteiger partial charge is 0.462 e. The van der Waals surface area contributed by atoms with Crippen LogP contribution in [0.25, 0.3) is 0 Å². The van der Waals surface area contributed by atoms with E-state index in [4.69, 9.17) is 24.3 Å². The van der Waals surface area contributed by atoms with Crippen LogP contribution in [0.1, 0.15) is 258 Å². The molecule has 3 N–H and O–H groups in total. The van der Waals surface area contributed by atoms with Gasteiger partial charge in [0.05, 0.1) is 13.2 Å². The van der Waals surface area contributed by atoms with Gasteiger partial charge >= 0.3 is 19.8 Å². The van der Waals surface area contributed by atoms with Crippen molar-refractivity contribution in [2.75, 3.05) is 26.4 Å². The zero-order chi connectivity index (χ0) is 51.7. The quantitative estimate of drug-likeness (QED) is 0.0264. The molecule has 0 amide bonds. The molecule has 0 aromatic rings. The Hall–Kier alpha value is -2.81. The van der Waals surface area contributed by atoms with Crippen molar-refractivity contribution in [1.29, 1.82) is 0 Å². The molecule has 10 heteroatoms. The van der Waals surface area contributed by atoms with Gasteiger partial charge in [0.15, 0.2) is 6.10 Å². The van der Waals surface area contributed by atoms with Crippen LogP contribution in [0.5, 0.6) is 0 Å². The van der Waals surface area contributed by atoms with Gasteiger partial charge in [0.1, 0.15) is 6.61 Å². The summed E-state index contributed by atoms with van der Waals surface area (Å²) in [4.78, 5) is 35.2. The summed E-state index contributed by atoms with van der Waals surface area (Å²) in [7, 11) is -4.40. The summed E-state index contributed by atoms with van der Waals surface area (Å²) in [6.45, 7) is 3.61. The monoisotopic (exact) mass is 1010 g/mol. The molecule has 0 saturated heterocycles. The van der Waals surface area contributed by atoms with Crippen molar-refractivity contribution in [1.82, 2.24) is 0 Å². The highest BCUT2D eigenvalue weighted by atomic mass is 31.2. The Bertz CT molecular complexity index is 1440. The molecule has 0 aromatic heterocycles. The van der Waals surface area contributed by atoms with Crippen molar-refractivity contribution in [3.8, 4) is 0 Å². The summed E-state index contributed by atoms with van der Waals surface area (Å²) in [5.74, 6) is -0.862. The third kappa shape index (κ3) is 56.3. The lowest BCUT2D eigenvalue weighted by molar-refractivity contribution is -0.161. The van der Waals surface area contributed by atoms with E-state index in [0.717, 1.165) is 83.5 Å². The number of unbranched alkanes of at least 4 members (excludes halogenated alkanes) is 27. The molecular weight excluding hydrogens is 906 g/mol. The summed E-state index contributed by atoms with van der Waals surface area (Å²) in [6.07, 6.45) is 73.6. The molecule has 0 aliphatic carbocycles. The number of phosphoric acid groups is 1. The van der Waals surface area contributed by atoms with Gasteiger partial charge in [-0.1, -0.05) is 259 Å². The predicted octanol–water partition coefficient (Wildman–Crippen LogP) is 18.3. The van der Waals surface area contributed by atoms with Gasteiger partial charge in [-0.15, -0.1) is 0 Å². The summed E-state index contributed by atoms with van der Waals surface area (Å²) >= 11 is 0. The van der Waals surface area contributed by atoms with Crippen LogP contribution in [0.2, 0.25) is 0 Å². The van der Waals surface area contributed by atoms with E-state index < -0.39 is 26.5 Å². The number of phosphoric ester groups is 1. The Morgan fingerprint density at radius 2 is 0.775 bits per heavy atom. The highest BCUT2D eigenvalue weighted by molar-refractivity contribution is 7.47. The van der Waals surface area contributed by atoms with Gasteiger partial charge in [0, 0.05) is 19.4 Å². The fraction of sp³-hybridized carbons (Fsp3) is 0.738. The van der Waals surface area contributed by atoms with Gasteiger partial charge in [0.25, 0.3) is 0 Å². The Labute approximate surface area is 436 Å². The molecule has 0 rings (SSSR count). The van der Waals surface area contributed by atoms with Crippen LogP contribution < -0.4 is 5.73 Å². The summed E-state index contributed by atoms with van der Waals surface area (Å²) in [5, 5.41) is 0. The van der Waals surface area contributed by atoms with Crippen LogP contribution in [0.15, 0.2) is 85.1 Å². The molecule has 0 aliphatic heterocycles. The summed E-state index contributed by atoms with van der Waals surface area (Å²) < 4.78 is 33.0. The van der Waals surface area contributed by atoms with Gasteiger partial charge in [-0.05, 0) is 70.6 Å². The number of hydrogen-bond acceptors (Lipinski definition) is 8. The fourth-order valence-electron chi connectivity index (χ4n) is 8.03. The number of rotatable bonds is 54. The first-order valence-corrected chi connectivity index (χ1v) is 30.6. The third-order valence-corrected chi connectivity index (χ3v) is 13.3. The van der Waals surface area contributed by atoms with Crippen LogP contribution in [0.4, 0.5) is 0 Å². The van der Waals surface area contributed by atoms with E-state index in [0.29, 0.717) is 6.42 Å². The maximum atomic E-state index is 12.7. The second-order valence-corrected chi connectivity index (χ2v) is 20.6. The summed E-state index contributed by atoms with van der Waals surface area (Å²) in [5.41, 5.74) is 5.38. The zero-order valence-corrected chi connectivity index (χ0v) is 46.6. The lowest BCUT2D eigenvalue weighted by Crippen LogP contribution is -2.29. The number of esters is 2. The van der Waals surface area contributed by atoms with Crippen LogP contribution >= 0.6 is 7.82 Å². The van der Waals surface area contributed by atoms with Gasteiger partial charge in [-0.2, -0.15) is 0 Å². The second-order valence-electron chi connectivity index (χ2n) is 19.1.